The molecular weight excluding hydrogens is 146 g/mol. The predicted molar refractivity (Wildman–Crippen MR) is 52.7 cm³/mol. The first-order valence-corrected chi connectivity index (χ1v) is 4.08. The van der Waals surface area contributed by atoms with E-state index in [2.05, 4.69) is 17.1 Å². The third kappa shape index (κ3) is 2.06. The highest BCUT2D eigenvalue weighted by Gasteiger charge is 1.92. The maximum Gasteiger partial charge on any atom is 0.0273 e. The molecule has 0 N–H and O–H groups in total. The first-order chi connectivity index (χ1) is 5.88. The molecule has 0 aliphatic heterocycles. The zero-order chi connectivity index (χ0) is 8.81. The largest absolute Gasteiger partial charge is 0.265 e. The molecule has 0 aliphatic carbocycles. The summed E-state index contributed by atoms with van der Waals surface area (Å²) in [4.78, 5) is 3.97. The lowest BCUT2D eigenvalue weighted by Crippen LogP contribution is -1.79. The van der Waals surface area contributed by atoms with Crippen molar-refractivity contribution in [3.05, 3.63) is 48.3 Å². The number of aromatic nitrogens is 1. The summed E-state index contributed by atoms with van der Waals surface area (Å²) in [7, 11) is 0. The molecule has 0 aromatic carbocycles. The third-order valence-corrected chi connectivity index (χ3v) is 1.67. The SMILES string of the molecule is C/C=C/C(=C\C)c1ccncc1. The second-order valence-corrected chi connectivity index (χ2v) is 2.48. The van der Waals surface area contributed by atoms with Crippen LogP contribution >= 0.6 is 0 Å². The maximum atomic E-state index is 3.97. The number of allylic oxidation sites excluding steroid dienone is 4. The van der Waals surface area contributed by atoms with Crippen LogP contribution in [0.25, 0.3) is 5.57 Å². The van der Waals surface area contributed by atoms with Crippen LogP contribution in [0.5, 0.6) is 0 Å². The Morgan fingerprint density at radius 3 is 2.42 bits per heavy atom. The van der Waals surface area contributed by atoms with Crippen LogP contribution in [0.3, 0.4) is 0 Å². The van der Waals surface area contributed by atoms with Crippen molar-refractivity contribution in [2.45, 2.75) is 13.8 Å². The fraction of sp³-hybridized carbons (Fsp3) is 0.182. The van der Waals surface area contributed by atoms with E-state index >= 15 is 0 Å². The molecule has 0 spiro atoms. The topological polar surface area (TPSA) is 12.9 Å². The molecule has 1 rings (SSSR count). The van der Waals surface area contributed by atoms with Gasteiger partial charge in [-0.3, -0.25) is 4.98 Å². The van der Waals surface area contributed by atoms with Gasteiger partial charge in [0.2, 0.25) is 0 Å². The quantitative estimate of drug-likeness (QED) is 0.604. The molecule has 1 heterocycles. The van der Waals surface area contributed by atoms with Crippen molar-refractivity contribution in [1.82, 2.24) is 4.98 Å². The molecule has 0 amide bonds. The first-order valence-electron chi connectivity index (χ1n) is 4.08. The highest BCUT2D eigenvalue weighted by molar-refractivity contribution is 5.73. The molecule has 0 atom stereocenters. The van der Waals surface area contributed by atoms with E-state index in [9.17, 15) is 0 Å². The Kier molecular flexibility index (Phi) is 3.27. The number of pyridine rings is 1. The highest BCUT2D eigenvalue weighted by atomic mass is 14.6. The van der Waals surface area contributed by atoms with E-state index < -0.39 is 0 Å². The summed E-state index contributed by atoms with van der Waals surface area (Å²) < 4.78 is 0. The van der Waals surface area contributed by atoms with Crippen LogP contribution < -0.4 is 0 Å². The summed E-state index contributed by atoms with van der Waals surface area (Å²) in [6.07, 6.45) is 9.84. The fourth-order valence-corrected chi connectivity index (χ4v) is 1.08. The van der Waals surface area contributed by atoms with E-state index in [4.69, 9.17) is 0 Å². The number of nitrogens with zero attached hydrogens (tertiary/aromatic N) is 1. The van der Waals surface area contributed by atoms with Crippen molar-refractivity contribution in [3.8, 4) is 0 Å². The Labute approximate surface area is 73.5 Å². The molecule has 0 fully saturated rings. The Morgan fingerprint density at radius 2 is 1.92 bits per heavy atom. The zero-order valence-corrected chi connectivity index (χ0v) is 7.49. The molecule has 0 saturated heterocycles. The van der Waals surface area contributed by atoms with E-state index in [-0.39, 0.29) is 0 Å². The summed E-state index contributed by atoms with van der Waals surface area (Å²) in [5.41, 5.74) is 2.45. The average Bonchev–Trinajstić information content (AvgIpc) is 2.15. The van der Waals surface area contributed by atoms with Crippen molar-refractivity contribution in [3.63, 3.8) is 0 Å². The van der Waals surface area contributed by atoms with Gasteiger partial charge in [-0.1, -0.05) is 18.2 Å². The van der Waals surface area contributed by atoms with Crippen molar-refractivity contribution in [2.24, 2.45) is 0 Å². The van der Waals surface area contributed by atoms with Crippen LogP contribution in [-0.4, -0.2) is 4.98 Å². The van der Waals surface area contributed by atoms with Crippen molar-refractivity contribution in [1.29, 1.82) is 0 Å². The van der Waals surface area contributed by atoms with E-state index in [1.165, 1.54) is 11.1 Å². The lowest BCUT2D eigenvalue weighted by atomic mass is 10.1. The summed E-state index contributed by atoms with van der Waals surface area (Å²) in [6.45, 7) is 4.06. The molecule has 1 aromatic rings. The number of rotatable bonds is 2. The zero-order valence-electron chi connectivity index (χ0n) is 7.49. The van der Waals surface area contributed by atoms with Crippen LogP contribution in [0.4, 0.5) is 0 Å². The van der Waals surface area contributed by atoms with Crippen molar-refractivity contribution < 1.29 is 0 Å². The lowest BCUT2D eigenvalue weighted by Gasteiger charge is -1.99. The third-order valence-electron chi connectivity index (χ3n) is 1.67. The van der Waals surface area contributed by atoms with Crippen LogP contribution in [0.1, 0.15) is 19.4 Å². The molecule has 12 heavy (non-hydrogen) atoms. The van der Waals surface area contributed by atoms with Gasteiger partial charge in [0.15, 0.2) is 0 Å². The minimum absolute atomic E-state index is 1.21. The van der Waals surface area contributed by atoms with Crippen molar-refractivity contribution in [2.75, 3.05) is 0 Å². The fourth-order valence-electron chi connectivity index (χ4n) is 1.08. The molecule has 0 aliphatic rings. The van der Waals surface area contributed by atoms with Gasteiger partial charge >= 0.3 is 0 Å². The summed E-state index contributed by atoms with van der Waals surface area (Å²) in [5, 5.41) is 0. The molecule has 1 heteroatoms. The summed E-state index contributed by atoms with van der Waals surface area (Å²) >= 11 is 0. The van der Waals surface area contributed by atoms with Gasteiger partial charge < -0.3 is 0 Å². The highest BCUT2D eigenvalue weighted by Crippen LogP contribution is 2.13. The first kappa shape index (κ1) is 8.72. The number of hydrogen-bond acceptors (Lipinski definition) is 1. The Bertz CT molecular complexity index is 283. The number of hydrogen-bond donors (Lipinski definition) is 0. The van der Waals surface area contributed by atoms with Gasteiger partial charge in [0.25, 0.3) is 0 Å². The molecule has 0 radical (unpaired) electrons. The lowest BCUT2D eigenvalue weighted by molar-refractivity contribution is 1.32. The minimum Gasteiger partial charge on any atom is -0.265 e. The molecular formula is C11H13N. The van der Waals surface area contributed by atoms with E-state index in [0.717, 1.165) is 0 Å². The second-order valence-electron chi connectivity index (χ2n) is 2.48. The minimum atomic E-state index is 1.21. The smallest absolute Gasteiger partial charge is 0.0273 e. The van der Waals surface area contributed by atoms with Crippen LogP contribution in [-0.2, 0) is 0 Å². The Hall–Kier alpha value is -1.37. The Balaban J connectivity index is 2.97. The summed E-state index contributed by atoms with van der Waals surface area (Å²) in [5.74, 6) is 0. The monoisotopic (exact) mass is 159 g/mol. The van der Waals surface area contributed by atoms with Gasteiger partial charge in [-0.25, -0.2) is 0 Å². The molecule has 1 nitrogen and oxygen atoms in total. The maximum absolute atomic E-state index is 3.97. The molecule has 1 aromatic heterocycles. The van der Waals surface area contributed by atoms with Gasteiger partial charge in [0.1, 0.15) is 0 Å². The van der Waals surface area contributed by atoms with Crippen molar-refractivity contribution >= 4 is 5.57 Å². The van der Waals surface area contributed by atoms with Crippen LogP contribution in [0.2, 0.25) is 0 Å². The standard InChI is InChI=1S/C11H13N/c1-3-5-10(4-2)11-6-8-12-9-7-11/h3-9H,1-2H3/b5-3+,10-4+. The average molecular weight is 159 g/mol. The van der Waals surface area contributed by atoms with Crippen LogP contribution in [0, 0.1) is 0 Å². The van der Waals surface area contributed by atoms with E-state index in [1.54, 1.807) is 0 Å². The normalized spacial score (nSPS) is 12.3. The van der Waals surface area contributed by atoms with E-state index in [1.807, 2.05) is 44.4 Å². The Morgan fingerprint density at radius 1 is 1.25 bits per heavy atom. The van der Waals surface area contributed by atoms with Gasteiger partial charge in [0, 0.05) is 12.4 Å². The predicted octanol–water partition coefficient (Wildman–Crippen LogP) is 3.06. The molecule has 0 bridgehead atoms. The van der Waals surface area contributed by atoms with Gasteiger partial charge in [-0.05, 0) is 37.1 Å². The van der Waals surface area contributed by atoms with Crippen LogP contribution in [0.15, 0.2) is 42.8 Å². The summed E-state index contributed by atoms with van der Waals surface area (Å²) in [6, 6.07) is 4.02. The molecule has 0 unspecified atom stereocenters. The second kappa shape index (κ2) is 4.50. The van der Waals surface area contributed by atoms with Gasteiger partial charge in [0.05, 0.1) is 0 Å². The van der Waals surface area contributed by atoms with E-state index in [0.29, 0.717) is 0 Å². The van der Waals surface area contributed by atoms with Gasteiger partial charge in [-0.15, -0.1) is 0 Å². The molecule has 62 valence electrons. The van der Waals surface area contributed by atoms with Gasteiger partial charge in [-0.2, -0.15) is 0 Å². The molecule has 0 saturated carbocycles.